The van der Waals surface area contributed by atoms with Crippen molar-refractivity contribution in [2.45, 2.75) is 47.0 Å². The molecule has 0 aliphatic rings. The highest BCUT2D eigenvalue weighted by Gasteiger charge is 2.11. The minimum Gasteiger partial charge on any atom is -0.478 e. The summed E-state index contributed by atoms with van der Waals surface area (Å²) >= 11 is 0. The number of carbonyl (C=O) groups is 1. The highest BCUT2D eigenvalue weighted by Crippen LogP contribution is 2.21. The van der Waals surface area contributed by atoms with Gasteiger partial charge in [0.25, 0.3) is 0 Å². The maximum absolute atomic E-state index is 10.8. The van der Waals surface area contributed by atoms with Crippen LogP contribution in [-0.4, -0.2) is 11.1 Å². The van der Waals surface area contributed by atoms with Gasteiger partial charge in [-0.05, 0) is 25.7 Å². The minimum atomic E-state index is -0.778. The average molecular weight is 184 g/mol. The molecule has 0 atom stereocenters. The van der Waals surface area contributed by atoms with Crippen molar-refractivity contribution in [3.63, 3.8) is 0 Å². The van der Waals surface area contributed by atoms with Crippen molar-refractivity contribution in [3.05, 3.63) is 11.1 Å². The van der Waals surface area contributed by atoms with Crippen molar-refractivity contribution in [1.82, 2.24) is 0 Å². The molecule has 0 aromatic carbocycles. The monoisotopic (exact) mass is 184 g/mol. The SMILES string of the molecule is CCCCC(=C(C)C(=O)O)C(C)C. The first-order valence-electron chi connectivity index (χ1n) is 4.93. The van der Waals surface area contributed by atoms with Crippen LogP contribution in [0.3, 0.4) is 0 Å². The summed E-state index contributed by atoms with van der Waals surface area (Å²) in [5.74, 6) is -0.428. The van der Waals surface area contributed by atoms with Crippen LogP contribution in [0.25, 0.3) is 0 Å². The van der Waals surface area contributed by atoms with Gasteiger partial charge in [0.2, 0.25) is 0 Å². The highest BCUT2D eigenvalue weighted by molar-refractivity contribution is 5.86. The van der Waals surface area contributed by atoms with Crippen LogP contribution < -0.4 is 0 Å². The van der Waals surface area contributed by atoms with Crippen LogP contribution >= 0.6 is 0 Å². The van der Waals surface area contributed by atoms with E-state index in [9.17, 15) is 4.79 Å². The summed E-state index contributed by atoms with van der Waals surface area (Å²) in [6.45, 7) is 7.93. The van der Waals surface area contributed by atoms with Crippen LogP contribution in [-0.2, 0) is 4.79 Å². The largest absolute Gasteiger partial charge is 0.478 e. The fourth-order valence-electron chi connectivity index (χ4n) is 1.41. The summed E-state index contributed by atoms with van der Waals surface area (Å²) in [7, 11) is 0. The van der Waals surface area contributed by atoms with Gasteiger partial charge < -0.3 is 5.11 Å². The summed E-state index contributed by atoms with van der Waals surface area (Å²) in [5.41, 5.74) is 1.62. The number of carboxylic acids is 1. The van der Waals surface area contributed by atoms with Crippen LogP contribution in [0.5, 0.6) is 0 Å². The lowest BCUT2D eigenvalue weighted by Crippen LogP contribution is -2.06. The van der Waals surface area contributed by atoms with Gasteiger partial charge in [0.15, 0.2) is 0 Å². The molecule has 0 rings (SSSR count). The molecule has 13 heavy (non-hydrogen) atoms. The van der Waals surface area contributed by atoms with Gasteiger partial charge in [-0.15, -0.1) is 0 Å². The Bertz CT molecular complexity index is 202. The van der Waals surface area contributed by atoms with Crippen molar-refractivity contribution >= 4 is 5.97 Å². The topological polar surface area (TPSA) is 37.3 Å². The van der Waals surface area contributed by atoms with Gasteiger partial charge in [-0.3, -0.25) is 0 Å². The van der Waals surface area contributed by atoms with Gasteiger partial charge in [0.1, 0.15) is 0 Å². The lowest BCUT2D eigenvalue weighted by Gasteiger charge is -2.13. The zero-order valence-corrected chi connectivity index (χ0v) is 9.05. The number of allylic oxidation sites excluding steroid dienone is 1. The predicted molar refractivity (Wildman–Crippen MR) is 54.7 cm³/mol. The summed E-state index contributed by atoms with van der Waals surface area (Å²) in [6.07, 6.45) is 3.12. The molecule has 0 amide bonds. The van der Waals surface area contributed by atoms with E-state index in [1.807, 2.05) is 0 Å². The number of hydrogen-bond donors (Lipinski definition) is 1. The zero-order valence-electron chi connectivity index (χ0n) is 9.05. The van der Waals surface area contributed by atoms with Gasteiger partial charge >= 0.3 is 5.97 Å². The molecule has 0 aliphatic carbocycles. The maximum atomic E-state index is 10.8. The molecule has 0 heterocycles. The van der Waals surface area contributed by atoms with Crippen LogP contribution in [0, 0.1) is 5.92 Å². The molecule has 0 radical (unpaired) electrons. The summed E-state index contributed by atoms with van der Waals surface area (Å²) < 4.78 is 0. The molecule has 2 nitrogen and oxygen atoms in total. The van der Waals surface area contributed by atoms with E-state index in [4.69, 9.17) is 5.11 Å². The quantitative estimate of drug-likeness (QED) is 0.666. The third kappa shape index (κ3) is 4.11. The van der Waals surface area contributed by atoms with Crippen LogP contribution in [0.4, 0.5) is 0 Å². The molecule has 0 saturated heterocycles. The third-order valence-corrected chi connectivity index (χ3v) is 2.30. The molecular weight excluding hydrogens is 164 g/mol. The molecule has 0 spiro atoms. The maximum Gasteiger partial charge on any atom is 0.331 e. The molecule has 0 aromatic rings. The molecule has 0 bridgehead atoms. The number of aliphatic carboxylic acids is 1. The number of rotatable bonds is 5. The van der Waals surface area contributed by atoms with Crippen molar-refractivity contribution in [2.75, 3.05) is 0 Å². The Hall–Kier alpha value is -0.790. The standard InChI is InChI=1S/C11H20O2/c1-5-6-7-10(8(2)3)9(4)11(12)13/h8H,5-7H2,1-4H3,(H,12,13). The van der Waals surface area contributed by atoms with Gasteiger partial charge in [-0.2, -0.15) is 0 Å². The Balaban J connectivity index is 4.57. The third-order valence-electron chi connectivity index (χ3n) is 2.30. The Labute approximate surface area is 80.7 Å². The molecule has 2 heteroatoms. The first kappa shape index (κ1) is 12.2. The zero-order chi connectivity index (χ0) is 10.4. The van der Waals surface area contributed by atoms with Crippen molar-refractivity contribution in [2.24, 2.45) is 5.92 Å². The molecule has 0 aliphatic heterocycles. The highest BCUT2D eigenvalue weighted by atomic mass is 16.4. The summed E-state index contributed by atoms with van der Waals surface area (Å²) in [5, 5.41) is 8.84. The Kier molecular flexibility index (Phi) is 5.44. The Morgan fingerprint density at radius 3 is 2.23 bits per heavy atom. The number of carboxylic acid groups (broad SMARTS) is 1. The van der Waals surface area contributed by atoms with E-state index in [-0.39, 0.29) is 0 Å². The minimum absolute atomic E-state index is 0.350. The van der Waals surface area contributed by atoms with E-state index in [0.717, 1.165) is 24.8 Å². The van der Waals surface area contributed by atoms with Gasteiger partial charge in [-0.25, -0.2) is 4.79 Å². The molecule has 1 N–H and O–H groups in total. The fourth-order valence-corrected chi connectivity index (χ4v) is 1.41. The average Bonchev–Trinajstić information content (AvgIpc) is 2.04. The fraction of sp³-hybridized carbons (Fsp3) is 0.727. The first-order chi connectivity index (χ1) is 6.00. The van der Waals surface area contributed by atoms with E-state index in [1.165, 1.54) is 0 Å². The van der Waals surface area contributed by atoms with Crippen molar-refractivity contribution < 1.29 is 9.90 Å². The molecule has 0 fully saturated rings. The van der Waals surface area contributed by atoms with Crippen LogP contribution in [0.2, 0.25) is 0 Å². The molecular formula is C11H20O2. The van der Waals surface area contributed by atoms with E-state index in [2.05, 4.69) is 20.8 Å². The number of hydrogen-bond acceptors (Lipinski definition) is 1. The lowest BCUT2D eigenvalue weighted by atomic mass is 9.93. The van der Waals surface area contributed by atoms with E-state index < -0.39 is 5.97 Å². The second kappa shape index (κ2) is 5.79. The summed E-state index contributed by atoms with van der Waals surface area (Å²) in [6, 6.07) is 0. The van der Waals surface area contributed by atoms with E-state index in [1.54, 1.807) is 6.92 Å². The van der Waals surface area contributed by atoms with Crippen LogP contribution in [0.15, 0.2) is 11.1 Å². The van der Waals surface area contributed by atoms with Gasteiger partial charge in [0.05, 0.1) is 0 Å². The molecule has 0 unspecified atom stereocenters. The van der Waals surface area contributed by atoms with E-state index in [0.29, 0.717) is 11.5 Å². The molecule has 0 aromatic heterocycles. The van der Waals surface area contributed by atoms with Crippen molar-refractivity contribution in [1.29, 1.82) is 0 Å². The molecule has 0 saturated carbocycles. The van der Waals surface area contributed by atoms with E-state index >= 15 is 0 Å². The second-order valence-electron chi connectivity index (χ2n) is 3.71. The molecule has 76 valence electrons. The van der Waals surface area contributed by atoms with Gasteiger partial charge in [0, 0.05) is 5.57 Å². The van der Waals surface area contributed by atoms with Crippen molar-refractivity contribution in [3.8, 4) is 0 Å². The van der Waals surface area contributed by atoms with Crippen LogP contribution in [0.1, 0.15) is 47.0 Å². The first-order valence-corrected chi connectivity index (χ1v) is 4.93. The Morgan fingerprint density at radius 2 is 1.92 bits per heavy atom. The lowest BCUT2D eigenvalue weighted by molar-refractivity contribution is -0.132. The predicted octanol–water partition coefficient (Wildman–Crippen LogP) is 3.23. The smallest absolute Gasteiger partial charge is 0.331 e. The normalized spacial score (nSPS) is 13.0. The summed E-state index contributed by atoms with van der Waals surface area (Å²) in [4.78, 5) is 10.8. The second-order valence-corrected chi connectivity index (χ2v) is 3.71. The Morgan fingerprint density at radius 1 is 1.38 bits per heavy atom. The number of unbranched alkanes of at least 4 members (excludes halogenated alkanes) is 1. The van der Waals surface area contributed by atoms with Gasteiger partial charge in [-0.1, -0.05) is 32.8 Å².